The predicted molar refractivity (Wildman–Crippen MR) is 116 cm³/mol. The molecular formula is C24H26N4O. The maximum atomic E-state index is 13.2. The number of nitrogens with zero attached hydrogens (tertiary/aromatic N) is 4. The molecule has 29 heavy (non-hydrogen) atoms. The van der Waals surface area contributed by atoms with E-state index in [0.717, 1.165) is 66.0 Å². The van der Waals surface area contributed by atoms with Gasteiger partial charge in [-0.15, -0.1) is 0 Å². The van der Waals surface area contributed by atoms with Gasteiger partial charge in [-0.25, -0.2) is 0 Å². The summed E-state index contributed by atoms with van der Waals surface area (Å²) in [7, 11) is 2.15. The van der Waals surface area contributed by atoms with Crippen LogP contribution in [-0.4, -0.2) is 60.5 Å². The Morgan fingerprint density at radius 1 is 0.931 bits per heavy atom. The lowest BCUT2D eigenvalue weighted by molar-refractivity contribution is 0.0780. The average molecular weight is 386 g/mol. The molecule has 5 heteroatoms. The minimum absolute atomic E-state index is 0.162. The molecule has 1 aromatic heterocycles. The molecule has 0 atom stereocenters. The monoisotopic (exact) mass is 386 g/mol. The second kappa shape index (κ2) is 7.48. The minimum atomic E-state index is 0.162. The molecule has 3 aromatic rings. The van der Waals surface area contributed by atoms with Crippen molar-refractivity contribution in [2.75, 3.05) is 44.7 Å². The van der Waals surface area contributed by atoms with Crippen LogP contribution in [0.5, 0.6) is 0 Å². The summed E-state index contributed by atoms with van der Waals surface area (Å²) < 4.78 is 0. The highest BCUT2D eigenvalue weighted by Crippen LogP contribution is 2.32. The number of carbonyl (C=O) groups excluding carboxylic acids is 1. The fourth-order valence-corrected chi connectivity index (χ4v) is 4.39. The topological polar surface area (TPSA) is 39.7 Å². The molecule has 0 unspecified atom stereocenters. The molecule has 2 aliphatic rings. The molecule has 0 N–H and O–H groups in total. The van der Waals surface area contributed by atoms with Gasteiger partial charge in [-0.2, -0.15) is 0 Å². The molecule has 5 rings (SSSR count). The predicted octanol–water partition coefficient (Wildman–Crippen LogP) is 3.19. The molecule has 148 valence electrons. The number of likely N-dealkylation sites (N-methyl/N-ethyl adjacent to an activating group) is 1. The van der Waals surface area contributed by atoms with Crippen molar-refractivity contribution in [2.45, 2.75) is 13.0 Å². The van der Waals surface area contributed by atoms with E-state index >= 15 is 0 Å². The molecule has 3 heterocycles. The number of hydrogen-bond acceptors (Lipinski definition) is 4. The van der Waals surface area contributed by atoms with Crippen LogP contribution in [0.15, 0.2) is 54.6 Å². The molecule has 0 aliphatic carbocycles. The fraction of sp³-hybridized carbons (Fsp3) is 0.333. The van der Waals surface area contributed by atoms with Crippen LogP contribution in [0.1, 0.15) is 21.6 Å². The summed E-state index contributed by atoms with van der Waals surface area (Å²) in [4.78, 5) is 24.7. The number of para-hydroxylation sites is 1. The summed E-state index contributed by atoms with van der Waals surface area (Å²) in [6, 6.07) is 18.6. The van der Waals surface area contributed by atoms with Crippen LogP contribution < -0.4 is 4.90 Å². The molecular weight excluding hydrogens is 360 g/mol. The van der Waals surface area contributed by atoms with E-state index in [4.69, 9.17) is 4.98 Å². The van der Waals surface area contributed by atoms with E-state index in [2.05, 4.69) is 53.2 Å². The van der Waals surface area contributed by atoms with Gasteiger partial charge >= 0.3 is 0 Å². The van der Waals surface area contributed by atoms with Crippen molar-refractivity contribution in [3.05, 3.63) is 71.4 Å². The zero-order valence-electron chi connectivity index (χ0n) is 16.8. The van der Waals surface area contributed by atoms with Crippen molar-refractivity contribution in [3.8, 4) is 0 Å². The van der Waals surface area contributed by atoms with Crippen molar-refractivity contribution in [3.63, 3.8) is 0 Å². The number of piperazine rings is 1. The normalized spacial score (nSPS) is 17.2. The Bertz CT molecular complexity index is 1060. The second-order valence-corrected chi connectivity index (χ2v) is 8.07. The molecule has 1 amide bonds. The number of benzene rings is 2. The third kappa shape index (κ3) is 3.47. The van der Waals surface area contributed by atoms with Crippen molar-refractivity contribution in [1.82, 2.24) is 14.8 Å². The number of rotatable bonds is 4. The SMILES string of the molecule is CN1CCN(c2cccc3c2C(=O)N(CCc2ccc4ccccc4n2)C3)CC1. The van der Waals surface area contributed by atoms with Gasteiger partial charge in [0.1, 0.15) is 0 Å². The smallest absolute Gasteiger partial charge is 0.256 e. The van der Waals surface area contributed by atoms with Crippen LogP contribution in [0.25, 0.3) is 10.9 Å². The average Bonchev–Trinajstić information content (AvgIpc) is 3.08. The summed E-state index contributed by atoms with van der Waals surface area (Å²) in [6.45, 7) is 5.41. The van der Waals surface area contributed by atoms with E-state index < -0.39 is 0 Å². The van der Waals surface area contributed by atoms with Crippen LogP contribution in [0, 0.1) is 0 Å². The lowest BCUT2D eigenvalue weighted by Crippen LogP contribution is -2.45. The van der Waals surface area contributed by atoms with Gasteiger partial charge in [0, 0.05) is 62.5 Å². The number of aromatic nitrogens is 1. The van der Waals surface area contributed by atoms with Crippen LogP contribution in [0.3, 0.4) is 0 Å². The van der Waals surface area contributed by atoms with Crippen molar-refractivity contribution < 1.29 is 4.79 Å². The molecule has 1 fully saturated rings. The van der Waals surface area contributed by atoms with Crippen molar-refractivity contribution in [1.29, 1.82) is 0 Å². The number of hydrogen-bond donors (Lipinski definition) is 0. The Morgan fingerprint density at radius 3 is 2.62 bits per heavy atom. The third-order valence-corrected chi connectivity index (χ3v) is 6.13. The first-order valence-corrected chi connectivity index (χ1v) is 10.4. The first kappa shape index (κ1) is 18.1. The van der Waals surface area contributed by atoms with Crippen LogP contribution in [0.2, 0.25) is 0 Å². The van der Waals surface area contributed by atoms with Gasteiger partial charge in [-0.05, 0) is 30.8 Å². The second-order valence-electron chi connectivity index (χ2n) is 8.07. The van der Waals surface area contributed by atoms with Gasteiger partial charge in [0.05, 0.1) is 11.1 Å². The van der Waals surface area contributed by atoms with Gasteiger partial charge < -0.3 is 14.7 Å². The van der Waals surface area contributed by atoms with Crippen LogP contribution >= 0.6 is 0 Å². The summed E-state index contributed by atoms with van der Waals surface area (Å²) in [5.41, 5.74) is 5.21. The van der Waals surface area contributed by atoms with Gasteiger partial charge in [-0.3, -0.25) is 9.78 Å². The molecule has 0 radical (unpaired) electrons. The summed E-state index contributed by atoms with van der Waals surface area (Å²) in [5, 5.41) is 1.15. The highest BCUT2D eigenvalue weighted by atomic mass is 16.2. The van der Waals surface area contributed by atoms with Crippen LogP contribution in [0.4, 0.5) is 5.69 Å². The van der Waals surface area contributed by atoms with Crippen molar-refractivity contribution >= 4 is 22.5 Å². The molecule has 5 nitrogen and oxygen atoms in total. The van der Waals surface area contributed by atoms with Crippen LogP contribution in [-0.2, 0) is 13.0 Å². The highest BCUT2D eigenvalue weighted by Gasteiger charge is 2.31. The summed E-state index contributed by atoms with van der Waals surface area (Å²) >= 11 is 0. The van der Waals surface area contributed by atoms with Gasteiger partial charge in [0.2, 0.25) is 0 Å². The van der Waals surface area contributed by atoms with E-state index in [9.17, 15) is 4.79 Å². The molecule has 0 saturated carbocycles. The van der Waals surface area contributed by atoms with Gasteiger partial charge in [0.15, 0.2) is 0 Å². The number of amides is 1. The standard InChI is InChI=1S/C24H26N4O/c1-26-13-15-27(16-14-26)22-8-4-6-19-17-28(24(29)23(19)22)12-11-20-10-9-18-5-2-3-7-21(18)25-20/h2-10H,11-17H2,1H3. The lowest BCUT2D eigenvalue weighted by Gasteiger charge is -2.34. The zero-order valence-corrected chi connectivity index (χ0v) is 16.8. The lowest BCUT2D eigenvalue weighted by atomic mass is 10.1. The number of pyridine rings is 1. The minimum Gasteiger partial charge on any atom is -0.368 e. The molecule has 2 aromatic carbocycles. The first-order chi connectivity index (χ1) is 14.2. The Labute approximate surface area is 171 Å². The maximum absolute atomic E-state index is 13.2. The van der Waals surface area contributed by atoms with Gasteiger partial charge in [0.25, 0.3) is 5.91 Å². The summed E-state index contributed by atoms with van der Waals surface area (Å²) in [5.74, 6) is 0.162. The number of fused-ring (bicyclic) bond motifs is 2. The highest BCUT2D eigenvalue weighted by molar-refractivity contribution is 6.03. The maximum Gasteiger partial charge on any atom is 0.256 e. The first-order valence-electron chi connectivity index (χ1n) is 10.4. The third-order valence-electron chi connectivity index (χ3n) is 6.13. The van der Waals surface area contributed by atoms with E-state index in [1.54, 1.807) is 0 Å². The summed E-state index contributed by atoms with van der Waals surface area (Å²) in [6.07, 6.45) is 0.772. The van der Waals surface area contributed by atoms with Gasteiger partial charge in [-0.1, -0.05) is 36.4 Å². The fourth-order valence-electron chi connectivity index (χ4n) is 4.39. The zero-order chi connectivity index (χ0) is 19.8. The van der Waals surface area contributed by atoms with E-state index in [1.165, 1.54) is 0 Å². The molecule has 1 saturated heterocycles. The Kier molecular flexibility index (Phi) is 4.68. The van der Waals surface area contributed by atoms with E-state index in [-0.39, 0.29) is 5.91 Å². The quantitative estimate of drug-likeness (QED) is 0.690. The number of anilines is 1. The Hall–Kier alpha value is -2.92. The molecule has 0 bridgehead atoms. The van der Waals surface area contributed by atoms with Crippen molar-refractivity contribution in [2.24, 2.45) is 0 Å². The Balaban J connectivity index is 1.32. The molecule has 0 spiro atoms. The largest absolute Gasteiger partial charge is 0.368 e. The van der Waals surface area contributed by atoms with E-state index in [1.807, 2.05) is 23.1 Å². The molecule has 2 aliphatic heterocycles. The number of carbonyl (C=O) groups is 1. The Morgan fingerprint density at radius 2 is 1.76 bits per heavy atom. The van der Waals surface area contributed by atoms with E-state index in [0.29, 0.717) is 13.1 Å².